The van der Waals surface area contributed by atoms with Crippen LogP contribution in [0.25, 0.3) is 0 Å². The molecular weight excluding hydrogens is 207 g/mol. The second-order valence-electron chi connectivity index (χ2n) is 3.26. The standard InChI is InChI=1S/C10H14O4.Na/c1-2-14-10(13)7-3-4-9(12)8(5-7)6-11;/h6-7,11H,2-5H2,1H3;/q;+1/p-1. The maximum absolute atomic E-state index is 11.3. The van der Waals surface area contributed by atoms with Crippen LogP contribution in [0.4, 0.5) is 0 Å². The molecule has 1 fully saturated rings. The monoisotopic (exact) mass is 220 g/mol. The number of allylic oxidation sites excluding steroid dienone is 1. The minimum atomic E-state index is -0.312. The summed E-state index contributed by atoms with van der Waals surface area (Å²) in [5.41, 5.74) is 0.217. The van der Waals surface area contributed by atoms with Gasteiger partial charge in [0.05, 0.1) is 12.5 Å². The van der Waals surface area contributed by atoms with E-state index in [2.05, 4.69) is 0 Å². The summed E-state index contributed by atoms with van der Waals surface area (Å²) >= 11 is 0. The van der Waals surface area contributed by atoms with Gasteiger partial charge in [0, 0.05) is 6.42 Å². The topological polar surface area (TPSA) is 66.4 Å². The number of rotatable bonds is 2. The van der Waals surface area contributed by atoms with Crippen molar-refractivity contribution in [1.29, 1.82) is 0 Å². The fourth-order valence-corrected chi connectivity index (χ4v) is 1.52. The van der Waals surface area contributed by atoms with Gasteiger partial charge in [-0.05, 0) is 25.3 Å². The number of ketones is 1. The minimum Gasteiger partial charge on any atom is -0.878 e. The fraction of sp³-hybridized carbons (Fsp3) is 0.600. The molecule has 5 heteroatoms. The second-order valence-corrected chi connectivity index (χ2v) is 3.26. The third kappa shape index (κ3) is 3.97. The fourth-order valence-electron chi connectivity index (χ4n) is 1.52. The Bertz CT molecular complexity index is 273. The number of ether oxygens (including phenoxy) is 1. The van der Waals surface area contributed by atoms with Gasteiger partial charge in [-0.1, -0.05) is 0 Å². The van der Waals surface area contributed by atoms with Crippen LogP contribution in [0.15, 0.2) is 11.8 Å². The van der Waals surface area contributed by atoms with Crippen molar-refractivity contribution in [2.24, 2.45) is 5.92 Å². The second kappa shape index (κ2) is 7.04. The summed E-state index contributed by atoms with van der Waals surface area (Å²) in [4.78, 5) is 22.4. The molecule has 1 saturated carbocycles. The molecule has 0 radical (unpaired) electrons. The number of carbonyl (C=O) groups excluding carboxylic acids is 2. The maximum Gasteiger partial charge on any atom is 1.00 e. The van der Waals surface area contributed by atoms with Gasteiger partial charge >= 0.3 is 35.5 Å². The summed E-state index contributed by atoms with van der Waals surface area (Å²) in [6.45, 7) is 2.07. The van der Waals surface area contributed by atoms with Gasteiger partial charge in [-0.2, -0.15) is 0 Å². The van der Waals surface area contributed by atoms with Crippen LogP contribution < -0.4 is 34.7 Å². The zero-order valence-corrected chi connectivity index (χ0v) is 11.1. The largest absolute Gasteiger partial charge is 1.00 e. The molecule has 0 aromatic heterocycles. The molecule has 0 saturated heterocycles. The van der Waals surface area contributed by atoms with Gasteiger partial charge in [0.25, 0.3) is 0 Å². The molecule has 1 unspecified atom stereocenters. The molecule has 1 rings (SSSR count). The average molecular weight is 220 g/mol. The Morgan fingerprint density at radius 2 is 2.33 bits per heavy atom. The van der Waals surface area contributed by atoms with Crippen LogP contribution in [0.5, 0.6) is 0 Å². The Morgan fingerprint density at radius 3 is 2.87 bits per heavy atom. The van der Waals surface area contributed by atoms with E-state index in [-0.39, 0.29) is 65.6 Å². The number of hydrogen-bond acceptors (Lipinski definition) is 4. The molecule has 1 aliphatic carbocycles. The van der Waals surface area contributed by atoms with Crippen molar-refractivity contribution < 1.29 is 49.0 Å². The van der Waals surface area contributed by atoms with Crippen molar-refractivity contribution in [3.8, 4) is 0 Å². The molecule has 0 bridgehead atoms. The predicted molar refractivity (Wildman–Crippen MR) is 47.1 cm³/mol. The number of carbonyl (C=O) groups is 2. The molecule has 78 valence electrons. The summed E-state index contributed by atoms with van der Waals surface area (Å²) in [5, 5.41) is 10.5. The molecule has 0 aromatic rings. The van der Waals surface area contributed by atoms with E-state index in [0.29, 0.717) is 19.3 Å². The number of esters is 1. The summed E-state index contributed by atoms with van der Waals surface area (Å²) in [6, 6.07) is 0. The van der Waals surface area contributed by atoms with Crippen molar-refractivity contribution in [2.45, 2.75) is 26.2 Å². The van der Waals surface area contributed by atoms with E-state index < -0.39 is 0 Å². The Labute approximate surface area is 111 Å². The van der Waals surface area contributed by atoms with E-state index in [1.807, 2.05) is 0 Å². The normalized spacial score (nSPS) is 23.4. The van der Waals surface area contributed by atoms with E-state index in [9.17, 15) is 14.7 Å². The molecule has 0 aromatic carbocycles. The number of hydrogen-bond donors (Lipinski definition) is 0. The van der Waals surface area contributed by atoms with E-state index in [1.54, 1.807) is 6.92 Å². The van der Waals surface area contributed by atoms with Crippen LogP contribution in [0.3, 0.4) is 0 Å². The first-order valence-electron chi connectivity index (χ1n) is 4.69. The first-order chi connectivity index (χ1) is 6.69. The van der Waals surface area contributed by atoms with Gasteiger partial charge in [0.2, 0.25) is 0 Å². The van der Waals surface area contributed by atoms with Gasteiger partial charge < -0.3 is 9.84 Å². The van der Waals surface area contributed by atoms with Crippen molar-refractivity contribution in [1.82, 2.24) is 0 Å². The first-order valence-corrected chi connectivity index (χ1v) is 4.69. The molecule has 15 heavy (non-hydrogen) atoms. The molecule has 0 heterocycles. The maximum atomic E-state index is 11.3. The van der Waals surface area contributed by atoms with E-state index in [4.69, 9.17) is 4.74 Å². The third-order valence-corrected chi connectivity index (χ3v) is 2.31. The number of Topliss-reactive ketones (excluding diaryl/α,β-unsaturated/α-hetero) is 1. The van der Waals surface area contributed by atoms with E-state index >= 15 is 0 Å². The van der Waals surface area contributed by atoms with Crippen LogP contribution in [0.1, 0.15) is 26.2 Å². The molecule has 0 amide bonds. The molecule has 4 nitrogen and oxygen atoms in total. The van der Waals surface area contributed by atoms with Crippen LogP contribution in [0, 0.1) is 5.92 Å². The summed E-state index contributed by atoms with van der Waals surface area (Å²) < 4.78 is 4.83. The Morgan fingerprint density at radius 1 is 1.67 bits per heavy atom. The van der Waals surface area contributed by atoms with Crippen molar-refractivity contribution in [3.63, 3.8) is 0 Å². The summed E-state index contributed by atoms with van der Waals surface area (Å²) in [5.74, 6) is -0.757. The molecule has 1 atom stereocenters. The van der Waals surface area contributed by atoms with E-state index in [1.165, 1.54) is 0 Å². The van der Waals surface area contributed by atoms with Crippen LogP contribution in [-0.2, 0) is 14.3 Å². The van der Waals surface area contributed by atoms with Gasteiger partial charge in [-0.15, -0.1) is 6.26 Å². The van der Waals surface area contributed by atoms with Crippen LogP contribution in [-0.4, -0.2) is 18.4 Å². The van der Waals surface area contributed by atoms with Crippen molar-refractivity contribution in [3.05, 3.63) is 11.8 Å². The van der Waals surface area contributed by atoms with Crippen LogP contribution in [0.2, 0.25) is 0 Å². The summed E-state index contributed by atoms with van der Waals surface area (Å²) in [6.07, 6.45) is 1.56. The molecule has 0 spiro atoms. The van der Waals surface area contributed by atoms with Gasteiger partial charge in [0.15, 0.2) is 5.78 Å². The Kier molecular flexibility index (Phi) is 6.89. The predicted octanol–water partition coefficient (Wildman–Crippen LogP) is -2.83. The van der Waals surface area contributed by atoms with E-state index in [0.717, 1.165) is 0 Å². The minimum absolute atomic E-state index is 0. The molecule has 1 aliphatic rings. The third-order valence-electron chi connectivity index (χ3n) is 2.31. The first kappa shape index (κ1) is 14.7. The summed E-state index contributed by atoms with van der Waals surface area (Å²) in [7, 11) is 0. The Balaban J connectivity index is 0.00000196. The zero-order chi connectivity index (χ0) is 10.6. The van der Waals surface area contributed by atoms with Gasteiger partial charge in [0.1, 0.15) is 0 Å². The quantitative estimate of drug-likeness (QED) is 0.218. The van der Waals surface area contributed by atoms with Gasteiger partial charge in [-0.3, -0.25) is 9.59 Å². The molecule has 0 aliphatic heterocycles. The Hall–Kier alpha value is -0.320. The van der Waals surface area contributed by atoms with Gasteiger partial charge in [-0.25, -0.2) is 0 Å². The zero-order valence-electron chi connectivity index (χ0n) is 9.12. The van der Waals surface area contributed by atoms with Crippen molar-refractivity contribution >= 4 is 11.8 Å². The van der Waals surface area contributed by atoms with Crippen LogP contribution >= 0.6 is 0 Å². The SMILES string of the molecule is CCOC(=O)C1CCC(=O)C(=C[O-])C1.[Na+]. The average Bonchev–Trinajstić information content (AvgIpc) is 2.19. The van der Waals surface area contributed by atoms with Crippen molar-refractivity contribution in [2.75, 3.05) is 6.61 Å². The smallest absolute Gasteiger partial charge is 0.878 e. The molecule has 0 N–H and O–H groups in total. The molecular formula is C10H13NaO4.